The summed E-state index contributed by atoms with van der Waals surface area (Å²) in [6.45, 7) is 6.69. The largest absolute Gasteiger partial charge is 0.350 e. The van der Waals surface area contributed by atoms with Gasteiger partial charge in [-0.2, -0.15) is 0 Å². The van der Waals surface area contributed by atoms with E-state index < -0.39 is 0 Å². The van der Waals surface area contributed by atoms with Gasteiger partial charge in [-0.25, -0.2) is 0 Å². The Kier molecular flexibility index (Phi) is 4.35. The molecule has 1 aliphatic heterocycles. The minimum absolute atomic E-state index is 0.0377. The van der Waals surface area contributed by atoms with Crippen molar-refractivity contribution < 1.29 is 9.47 Å². The van der Waals surface area contributed by atoms with Crippen LogP contribution >= 0.6 is 11.3 Å². The molecule has 0 spiro atoms. The van der Waals surface area contributed by atoms with E-state index >= 15 is 0 Å². The maximum absolute atomic E-state index is 5.50. The lowest BCUT2D eigenvalue weighted by molar-refractivity contribution is -0.0529. The Labute approximate surface area is 101 Å². The second-order valence-corrected chi connectivity index (χ2v) is 5.12. The Morgan fingerprint density at radius 1 is 1.50 bits per heavy atom. The number of hydrogen-bond acceptors (Lipinski definition) is 4. The average Bonchev–Trinajstić information content (AvgIpc) is 2.88. The Bertz CT molecular complexity index is 321. The van der Waals surface area contributed by atoms with Crippen molar-refractivity contribution in [3.63, 3.8) is 0 Å². The molecular formula is C12H19NO2S. The van der Waals surface area contributed by atoms with E-state index in [0.29, 0.717) is 6.04 Å². The van der Waals surface area contributed by atoms with Crippen LogP contribution in [0.25, 0.3) is 0 Å². The van der Waals surface area contributed by atoms with E-state index in [9.17, 15) is 0 Å². The average molecular weight is 241 g/mol. The summed E-state index contributed by atoms with van der Waals surface area (Å²) in [5, 5.41) is 5.71. The molecule has 0 saturated carbocycles. The summed E-state index contributed by atoms with van der Waals surface area (Å²) >= 11 is 1.79. The molecule has 2 rings (SSSR count). The van der Waals surface area contributed by atoms with Gasteiger partial charge in [-0.05, 0) is 30.5 Å². The van der Waals surface area contributed by atoms with Gasteiger partial charge in [0.15, 0.2) is 6.29 Å². The molecule has 1 unspecified atom stereocenters. The summed E-state index contributed by atoms with van der Waals surface area (Å²) < 4.78 is 11.0. The van der Waals surface area contributed by atoms with Gasteiger partial charge in [0.25, 0.3) is 0 Å². The van der Waals surface area contributed by atoms with Crippen molar-refractivity contribution in [1.29, 1.82) is 0 Å². The Hall–Kier alpha value is -0.420. The fraction of sp³-hybridized carbons (Fsp3) is 0.667. The normalized spacial score (nSPS) is 19.1. The highest BCUT2D eigenvalue weighted by atomic mass is 32.1. The smallest absolute Gasteiger partial charge is 0.159 e. The van der Waals surface area contributed by atoms with Gasteiger partial charge in [0.2, 0.25) is 0 Å². The van der Waals surface area contributed by atoms with E-state index in [4.69, 9.17) is 9.47 Å². The van der Waals surface area contributed by atoms with E-state index in [0.717, 1.165) is 26.2 Å². The topological polar surface area (TPSA) is 30.5 Å². The number of hydrogen-bond donors (Lipinski definition) is 1. The third kappa shape index (κ3) is 3.04. The molecule has 0 bridgehead atoms. The van der Waals surface area contributed by atoms with Crippen LogP contribution in [0.4, 0.5) is 0 Å². The van der Waals surface area contributed by atoms with Crippen LogP contribution in [0, 0.1) is 6.92 Å². The zero-order chi connectivity index (χ0) is 11.4. The van der Waals surface area contributed by atoms with Gasteiger partial charge >= 0.3 is 0 Å². The van der Waals surface area contributed by atoms with Crippen molar-refractivity contribution in [2.75, 3.05) is 19.8 Å². The van der Waals surface area contributed by atoms with Gasteiger partial charge in [0.05, 0.1) is 13.2 Å². The Morgan fingerprint density at radius 2 is 2.25 bits per heavy atom. The summed E-state index contributed by atoms with van der Waals surface area (Å²) in [6.07, 6.45) is 0.855. The summed E-state index contributed by atoms with van der Waals surface area (Å²) in [4.78, 5) is 1.35. The lowest BCUT2D eigenvalue weighted by Gasteiger charge is -2.19. The molecule has 3 nitrogen and oxygen atoms in total. The summed E-state index contributed by atoms with van der Waals surface area (Å²) in [5.41, 5.74) is 1.35. The maximum Gasteiger partial charge on any atom is 0.159 e. The quantitative estimate of drug-likeness (QED) is 0.859. The third-order valence-electron chi connectivity index (χ3n) is 2.72. The molecule has 16 heavy (non-hydrogen) atoms. The van der Waals surface area contributed by atoms with Crippen LogP contribution in [0.2, 0.25) is 0 Å². The van der Waals surface area contributed by atoms with E-state index in [-0.39, 0.29) is 6.29 Å². The van der Waals surface area contributed by atoms with Crippen LogP contribution in [0.1, 0.15) is 29.8 Å². The first-order valence-corrected chi connectivity index (χ1v) is 6.69. The molecule has 1 aliphatic rings. The van der Waals surface area contributed by atoms with Gasteiger partial charge in [-0.3, -0.25) is 0 Å². The molecular weight excluding hydrogens is 222 g/mol. The zero-order valence-corrected chi connectivity index (χ0v) is 10.7. The van der Waals surface area contributed by atoms with Gasteiger partial charge < -0.3 is 14.8 Å². The number of thiophene rings is 1. The highest BCUT2D eigenvalue weighted by Gasteiger charge is 2.22. The SMILES string of the molecule is CCNC(CC1OCCO1)c1csc(C)c1. The fourth-order valence-corrected chi connectivity index (χ4v) is 2.72. The first-order valence-electron chi connectivity index (χ1n) is 5.81. The molecule has 0 radical (unpaired) electrons. The predicted molar refractivity (Wildman–Crippen MR) is 65.8 cm³/mol. The fourth-order valence-electron chi connectivity index (χ4n) is 1.97. The summed E-state index contributed by atoms with van der Waals surface area (Å²) in [7, 11) is 0. The number of rotatable bonds is 5. The molecule has 1 atom stereocenters. The molecule has 4 heteroatoms. The van der Waals surface area contributed by atoms with Crippen molar-refractivity contribution in [3.05, 3.63) is 21.9 Å². The van der Waals surface area contributed by atoms with Crippen molar-refractivity contribution in [3.8, 4) is 0 Å². The van der Waals surface area contributed by atoms with Gasteiger partial charge in [0.1, 0.15) is 0 Å². The molecule has 1 N–H and O–H groups in total. The second-order valence-electron chi connectivity index (χ2n) is 4.01. The molecule has 1 aromatic rings. The minimum Gasteiger partial charge on any atom is -0.350 e. The molecule has 2 heterocycles. The van der Waals surface area contributed by atoms with E-state index in [1.54, 1.807) is 11.3 Å². The van der Waals surface area contributed by atoms with Gasteiger partial charge in [0, 0.05) is 17.3 Å². The maximum atomic E-state index is 5.50. The number of aryl methyl sites for hydroxylation is 1. The highest BCUT2D eigenvalue weighted by Crippen LogP contribution is 2.26. The van der Waals surface area contributed by atoms with E-state index in [2.05, 4.69) is 30.6 Å². The Balaban J connectivity index is 1.98. The van der Waals surface area contributed by atoms with Crippen molar-refractivity contribution in [1.82, 2.24) is 5.32 Å². The minimum atomic E-state index is -0.0377. The van der Waals surface area contributed by atoms with Gasteiger partial charge in [-0.15, -0.1) is 11.3 Å². The molecule has 1 saturated heterocycles. The second kappa shape index (κ2) is 5.77. The highest BCUT2D eigenvalue weighted by molar-refractivity contribution is 7.10. The summed E-state index contributed by atoms with van der Waals surface area (Å²) in [5.74, 6) is 0. The number of ether oxygens (including phenoxy) is 2. The monoisotopic (exact) mass is 241 g/mol. The van der Waals surface area contributed by atoms with E-state index in [1.807, 2.05) is 0 Å². The molecule has 1 aromatic heterocycles. The van der Waals surface area contributed by atoms with Crippen LogP contribution < -0.4 is 5.32 Å². The molecule has 0 amide bonds. The van der Waals surface area contributed by atoms with Crippen LogP contribution in [0.3, 0.4) is 0 Å². The standard InChI is InChI=1S/C12H19NO2S/c1-3-13-11(7-12-14-4-5-15-12)10-6-9(2)16-8-10/h6,8,11-13H,3-5,7H2,1-2H3. The van der Waals surface area contributed by atoms with Crippen LogP contribution in [0.15, 0.2) is 11.4 Å². The van der Waals surface area contributed by atoms with Gasteiger partial charge in [-0.1, -0.05) is 6.92 Å². The molecule has 0 aliphatic carbocycles. The molecule has 90 valence electrons. The summed E-state index contributed by atoms with van der Waals surface area (Å²) in [6, 6.07) is 2.59. The third-order valence-corrected chi connectivity index (χ3v) is 3.60. The van der Waals surface area contributed by atoms with Crippen LogP contribution in [-0.2, 0) is 9.47 Å². The van der Waals surface area contributed by atoms with Crippen molar-refractivity contribution >= 4 is 11.3 Å². The molecule has 0 aromatic carbocycles. The zero-order valence-electron chi connectivity index (χ0n) is 9.86. The lowest BCUT2D eigenvalue weighted by Crippen LogP contribution is -2.25. The van der Waals surface area contributed by atoms with Crippen LogP contribution in [0.5, 0.6) is 0 Å². The van der Waals surface area contributed by atoms with E-state index in [1.165, 1.54) is 10.4 Å². The number of nitrogens with one attached hydrogen (secondary N) is 1. The first-order chi connectivity index (χ1) is 7.79. The first kappa shape index (κ1) is 12.0. The van der Waals surface area contributed by atoms with Crippen molar-refractivity contribution in [2.24, 2.45) is 0 Å². The van der Waals surface area contributed by atoms with Crippen LogP contribution in [-0.4, -0.2) is 26.0 Å². The lowest BCUT2D eigenvalue weighted by atomic mass is 10.1. The van der Waals surface area contributed by atoms with Crippen molar-refractivity contribution in [2.45, 2.75) is 32.6 Å². The Morgan fingerprint density at radius 3 is 2.81 bits per heavy atom. The predicted octanol–water partition coefficient (Wildman–Crippen LogP) is 2.47. The molecule has 1 fully saturated rings.